The van der Waals surface area contributed by atoms with E-state index in [2.05, 4.69) is 46.5 Å². The Balaban J connectivity index is 1.76. The van der Waals surface area contributed by atoms with Crippen molar-refractivity contribution in [1.82, 2.24) is 15.3 Å². The summed E-state index contributed by atoms with van der Waals surface area (Å²) in [5.74, 6) is 0.994. The molecule has 1 unspecified atom stereocenters. The van der Waals surface area contributed by atoms with Crippen LogP contribution in [0.5, 0.6) is 0 Å². The lowest BCUT2D eigenvalue weighted by Gasteiger charge is -2.10. The summed E-state index contributed by atoms with van der Waals surface area (Å²) in [5, 5.41) is 3.44. The van der Waals surface area contributed by atoms with Crippen molar-refractivity contribution in [2.45, 2.75) is 19.4 Å². The van der Waals surface area contributed by atoms with Crippen molar-refractivity contribution in [2.75, 3.05) is 6.54 Å². The number of nitrogens with zero attached hydrogens (tertiary/aromatic N) is 1. The molecule has 2 N–H and O–H groups in total. The summed E-state index contributed by atoms with van der Waals surface area (Å²) in [6, 6.07) is 10.8. The molecule has 0 bridgehead atoms. The summed E-state index contributed by atoms with van der Waals surface area (Å²) >= 11 is 0. The van der Waals surface area contributed by atoms with Crippen molar-refractivity contribution in [3.8, 4) is 0 Å². The number of aromatic nitrogens is 2. The van der Waals surface area contributed by atoms with E-state index in [1.807, 2.05) is 12.3 Å². The summed E-state index contributed by atoms with van der Waals surface area (Å²) in [5.41, 5.74) is 1.36. The molecule has 0 aliphatic carbocycles. The highest BCUT2D eigenvalue weighted by Gasteiger charge is 2.05. The predicted octanol–water partition coefficient (Wildman–Crippen LogP) is 2.30. The van der Waals surface area contributed by atoms with Crippen LogP contribution in [0.25, 0.3) is 0 Å². The van der Waals surface area contributed by atoms with Crippen LogP contribution < -0.4 is 5.32 Å². The summed E-state index contributed by atoms with van der Waals surface area (Å²) in [6.45, 7) is 3.08. The molecule has 1 aromatic carbocycles. The second-order valence-electron chi connectivity index (χ2n) is 3.89. The molecule has 16 heavy (non-hydrogen) atoms. The molecule has 3 heteroatoms. The van der Waals surface area contributed by atoms with Crippen molar-refractivity contribution in [2.24, 2.45) is 0 Å². The van der Waals surface area contributed by atoms with Gasteiger partial charge in [-0.1, -0.05) is 30.3 Å². The van der Waals surface area contributed by atoms with Crippen LogP contribution in [0.2, 0.25) is 0 Å². The van der Waals surface area contributed by atoms with Crippen LogP contribution >= 0.6 is 0 Å². The molecule has 1 heterocycles. The molecule has 1 atom stereocenters. The third-order valence-corrected chi connectivity index (χ3v) is 2.64. The van der Waals surface area contributed by atoms with Crippen molar-refractivity contribution in [1.29, 1.82) is 0 Å². The Morgan fingerprint density at radius 3 is 2.81 bits per heavy atom. The van der Waals surface area contributed by atoms with E-state index in [9.17, 15) is 0 Å². The minimum atomic E-state index is 0.277. The maximum Gasteiger partial charge on any atom is 0.122 e. The van der Waals surface area contributed by atoms with Gasteiger partial charge in [0.05, 0.1) is 6.04 Å². The zero-order valence-electron chi connectivity index (χ0n) is 9.48. The Bertz CT molecular complexity index is 394. The van der Waals surface area contributed by atoms with Gasteiger partial charge in [0, 0.05) is 12.4 Å². The maximum absolute atomic E-state index is 4.22. The van der Waals surface area contributed by atoms with Gasteiger partial charge in [0.25, 0.3) is 0 Å². The van der Waals surface area contributed by atoms with Crippen LogP contribution in [0.3, 0.4) is 0 Å². The molecule has 0 saturated heterocycles. The molecule has 0 aliphatic heterocycles. The lowest BCUT2D eigenvalue weighted by molar-refractivity contribution is 0.554. The highest BCUT2D eigenvalue weighted by Crippen LogP contribution is 2.05. The normalized spacial score (nSPS) is 12.6. The fourth-order valence-electron chi connectivity index (χ4n) is 1.69. The SMILES string of the molecule is CC(NCCc1ccccc1)c1ncc[nH]1. The second-order valence-corrected chi connectivity index (χ2v) is 3.89. The minimum Gasteiger partial charge on any atom is -0.347 e. The van der Waals surface area contributed by atoms with Crippen molar-refractivity contribution < 1.29 is 0 Å². The molecule has 0 saturated carbocycles. The third-order valence-electron chi connectivity index (χ3n) is 2.64. The van der Waals surface area contributed by atoms with Crippen molar-refractivity contribution in [3.63, 3.8) is 0 Å². The average Bonchev–Trinajstić information content (AvgIpc) is 2.84. The molecule has 84 valence electrons. The summed E-state index contributed by atoms with van der Waals surface area (Å²) < 4.78 is 0. The Morgan fingerprint density at radius 2 is 2.12 bits per heavy atom. The fourth-order valence-corrected chi connectivity index (χ4v) is 1.69. The van der Waals surface area contributed by atoms with Gasteiger partial charge in [-0.25, -0.2) is 4.98 Å². The average molecular weight is 215 g/mol. The van der Waals surface area contributed by atoms with E-state index in [0.717, 1.165) is 18.8 Å². The Kier molecular flexibility index (Phi) is 3.72. The quantitative estimate of drug-likeness (QED) is 0.803. The van der Waals surface area contributed by atoms with E-state index < -0.39 is 0 Å². The molecule has 0 fully saturated rings. The van der Waals surface area contributed by atoms with E-state index in [1.165, 1.54) is 5.56 Å². The minimum absolute atomic E-state index is 0.277. The summed E-state index contributed by atoms with van der Waals surface area (Å²) in [4.78, 5) is 7.34. The second kappa shape index (κ2) is 5.47. The van der Waals surface area contributed by atoms with E-state index in [-0.39, 0.29) is 6.04 Å². The Hall–Kier alpha value is -1.61. The predicted molar refractivity (Wildman–Crippen MR) is 65.2 cm³/mol. The van der Waals surface area contributed by atoms with Crippen LogP contribution in [-0.2, 0) is 6.42 Å². The van der Waals surface area contributed by atoms with Gasteiger partial charge in [0.15, 0.2) is 0 Å². The highest BCUT2D eigenvalue weighted by molar-refractivity contribution is 5.14. The number of benzene rings is 1. The molecular formula is C13H17N3. The lowest BCUT2D eigenvalue weighted by Crippen LogP contribution is -2.22. The number of rotatable bonds is 5. The zero-order valence-corrected chi connectivity index (χ0v) is 9.48. The van der Waals surface area contributed by atoms with Crippen LogP contribution in [0, 0.1) is 0 Å². The van der Waals surface area contributed by atoms with E-state index >= 15 is 0 Å². The van der Waals surface area contributed by atoms with E-state index in [1.54, 1.807) is 6.20 Å². The van der Waals surface area contributed by atoms with Gasteiger partial charge < -0.3 is 10.3 Å². The number of aromatic amines is 1. The molecule has 2 aromatic rings. The van der Waals surface area contributed by atoms with Crippen LogP contribution in [0.1, 0.15) is 24.4 Å². The number of imidazole rings is 1. The topological polar surface area (TPSA) is 40.7 Å². The summed E-state index contributed by atoms with van der Waals surface area (Å²) in [6.07, 6.45) is 4.68. The number of hydrogen-bond donors (Lipinski definition) is 2. The summed E-state index contributed by atoms with van der Waals surface area (Å²) in [7, 11) is 0. The van der Waals surface area contributed by atoms with E-state index in [4.69, 9.17) is 0 Å². The molecule has 0 aliphatic rings. The fraction of sp³-hybridized carbons (Fsp3) is 0.308. The largest absolute Gasteiger partial charge is 0.347 e. The van der Waals surface area contributed by atoms with Gasteiger partial charge in [-0.15, -0.1) is 0 Å². The first-order valence-electron chi connectivity index (χ1n) is 5.63. The molecule has 2 rings (SSSR count). The van der Waals surface area contributed by atoms with Gasteiger partial charge in [-0.05, 0) is 25.5 Å². The first kappa shape index (κ1) is 10.9. The number of hydrogen-bond acceptors (Lipinski definition) is 2. The molecule has 0 radical (unpaired) electrons. The van der Waals surface area contributed by atoms with Crippen LogP contribution in [0.4, 0.5) is 0 Å². The van der Waals surface area contributed by atoms with Crippen molar-refractivity contribution >= 4 is 0 Å². The van der Waals surface area contributed by atoms with Gasteiger partial charge in [-0.3, -0.25) is 0 Å². The van der Waals surface area contributed by atoms with Gasteiger partial charge in [-0.2, -0.15) is 0 Å². The number of H-pyrrole nitrogens is 1. The Labute approximate surface area is 95.9 Å². The Morgan fingerprint density at radius 1 is 1.31 bits per heavy atom. The third kappa shape index (κ3) is 2.94. The smallest absolute Gasteiger partial charge is 0.122 e. The monoisotopic (exact) mass is 215 g/mol. The van der Waals surface area contributed by atoms with Gasteiger partial charge in [0.2, 0.25) is 0 Å². The molecule has 0 spiro atoms. The van der Waals surface area contributed by atoms with Crippen LogP contribution in [-0.4, -0.2) is 16.5 Å². The standard InChI is InChI=1S/C13H17N3/c1-11(13-15-9-10-16-13)14-8-7-12-5-3-2-4-6-12/h2-6,9-11,14H,7-8H2,1H3,(H,15,16). The number of nitrogens with one attached hydrogen (secondary N) is 2. The molecular weight excluding hydrogens is 198 g/mol. The molecule has 0 amide bonds. The lowest BCUT2D eigenvalue weighted by atomic mass is 10.1. The highest BCUT2D eigenvalue weighted by atomic mass is 15.0. The first-order valence-corrected chi connectivity index (χ1v) is 5.63. The first-order chi connectivity index (χ1) is 7.86. The van der Waals surface area contributed by atoms with Gasteiger partial charge >= 0.3 is 0 Å². The van der Waals surface area contributed by atoms with E-state index in [0.29, 0.717) is 0 Å². The van der Waals surface area contributed by atoms with Crippen LogP contribution in [0.15, 0.2) is 42.7 Å². The molecule has 1 aromatic heterocycles. The molecule has 3 nitrogen and oxygen atoms in total. The van der Waals surface area contributed by atoms with Gasteiger partial charge in [0.1, 0.15) is 5.82 Å². The van der Waals surface area contributed by atoms with Crippen molar-refractivity contribution in [3.05, 3.63) is 54.1 Å². The maximum atomic E-state index is 4.22. The zero-order chi connectivity index (χ0) is 11.2.